The summed E-state index contributed by atoms with van der Waals surface area (Å²) in [7, 11) is 1.57. The molecule has 7 heteroatoms. The van der Waals surface area contributed by atoms with Crippen LogP contribution in [0.2, 0.25) is 5.02 Å². The van der Waals surface area contributed by atoms with E-state index in [2.05, 4.69) is 5.32 Å². The van der Waals surface area contributed by atoms with Crippen LogP contribution >= 0.6 is 11.6 Å². The Bertz CT molecular complexity index is 1250. The van der Waals surface area contributed by atoms with Crippen LogP contribution in [-0.4, -0.2) is 25.5 Å². The van der Waals surface area contributed by atoms with Crippen molar-refractivity contribution in [1.82, 2.24) is 0 Å². The molecule has 168 valence electrons. The van der Waals surface area contributed by atoms with Crippen molar-refractivity contribution in [2.75, 3.05) is 23.9 Å². The number of amides is 2. The quantitative estimate of drug-likeness (QED) is 0.473. The van der Waals surface area contributed by atoms with E-state index in [1.807, 2.05) is 32.0 Å². The molecule has 1 N–H and O–H groups in total. The standard InChI is InChI=1S/C26H23ClN2O4/c1-4-33-21-7-5-6-19(15-21)28-24-23(17-8-11-20(32-3)12-9-17)25(30)29(26(24)31)22-13-10-18(27)14-16(22)2/h5-15,28H,4H2,1-3H3. The lowest BCUT2D eigenvalue weighted by Crippen LogP contribution is -2.33. The van der Waals surface area contributed by atoms with Gasteiger partial charge in [-0.05, 0) is 67.4 Å². The third kappa shape index (κ3) is 4.43. The van der Waals surface area contributed by atoms with Crippen LogP contribution in [0.1, 0.15) is 18.1 Å². The van der Waals surface area contributed by atoms with Crippen molar-refractivity contribution in [3.63, 3.8) is 0 Å². The lowest BCUT2D eigenvalue weighted by atomic mass is 10.0. The highest BCUT2D eigenvalue weighted by Gasteiger charge is 2.40. The molecule has 0 aromatic heterocycles. The molecule has 1 aliphatic heterocycles. The average Bonchev–Trinajstić information content (AvgIpc) is 3.04. The molecule has 0 aliphatic carbocycles. The summed E-state index contributed by atoms with van der Waals surface area (Å²) < 4.78 is 10.8. The van der Waals surface area contributed by atoms with Gasteiger partial charge in [-0.2, -0.15) is 0 Å². The number of hydrogen-bond acceptors (Lipinski definition) is 5. The molecule has 2 amide bonds. The second-order valence-electron chi connectivity index (χ2n) is 7.44. The van der Waals surface area contributed by atoms with E-state index in [0.717, 1.165) is 5.56 Å². The Morgan fingerprint density at radius 3 is 2.36 bits per heavy atom. The van der Waals surface area contributed by atoms with Crippen LogP contribution in [0.25, 0.3) is 5.57 Å². The van der Waals surface area contributed by atoms with Gasteiger partial charge in [0.2, 0.25) is 0 Å². The van der Waals surface area contributed by atoms with E-state index in [9.17, 15) is 9.59 Å². The summed E-state index contributed by atoms with van der Waals surface area (Å²) in [5.41, 5.74) is 2.91. The van der Waals surface area contributed by atoms with Crippen molar-refractivity contribution in [1.29, 1.82) is 0 Å². The summed E-state index contributed by atoms with van der Waals surface area (Å²) >= 11 is 6.09. The average molecular weight is 463 g/mol. The Labute approximate surface area is 197 Å². The molecule has 0 saturated carbocycles. The minimum Gasteiger partial charge on any atom is -0.497 e. The number of anilines is 2. The number of nitrogens with zero attached hydrogens (tertiary/aromatic N) is 1. The fourth-order valence-corrected chi connectivity index (χ4v) is 3.96. The molecule has 0 saturated heterocycles. The Morgan fingerprint density at radius 1 is 0.939 bits per heavy atom. The molecule has 0 atom stereocenters. The van der Waals surface area contributed by atoms with E-state index in [1.165, 1.54) is 4.90 Å². The van der Waals surface area contributed by atoms with Gasteiger partial charge in [0.15, 0.2) is 0 Å². The Morgan fingerprint density at radius 2 is 1.70 bits per heavy atom. The number of nitrogens with one attached hydrogen (secondary N) is 1. The summed E-state index contributed by atoms with van der Waals surface area (Å²) in [6, 6.07) is 19.3. The van der Waals surface area contributed by atoms with Gasteiger partial charge in [-0.25, -0.2) is 4.90 Å². The molecule has 4 rings (SSSR count). The molecule has 0 bridgehead atoms. The summed E-state index contributed by atoms with van der Waals surface area (Å²) in [6.45, 7) is 4.23. The summed E-state index contributed by atoms with van der Waals surface area (Å²) in [4.78, 5) is 28.3. The van der Waals surface area contributed by atoms with Gasteiger partial charge in [-0.15, -0.1) is 0 Å². The van der Waals surface area contributed by atoms with Gasteiger partial charge in [0.1, 0.15) is 17.2 Å². The van der Waals surface area contributed by atoms with Gasteiger partial charge < -0.3 is 14.8 Å². The molecule has 0 unspecified atom stereocenters. The molecule has 33 heavy (non-hydrogen) atoms. The topological polar surface area (TPSA) is 67.9 Å². The second-order valence-corrected chi connectivity index (χ2v) is 7.88. The largest absolute Gasteiger partial charge is 0.497 e. The Kier molecular flexibility index (Phi) is 6.38. The molecule has 3 aromatic carbocycles. The number of hydrogen-bond donors (Lipinski definition) is 1. The molecule has 6 nitrogen and oxygen atoms in total. The summed E-state index contributed by atoms with van der Waals surface area (Å²) in [6.07, 6.45) is 0. The van der Waals surface area contributed by atoms with Crippen molar-refractivity contribution >= 4 is 40.4 Å². The van der Waals surface area contributed by atoms with E-state index < -0.39 is 11.8 Å². The smallest absolute Gasteiger partial charge is 0.282 e. The first kappa shape index (κ1) is 22.4. The third-order valence-electron chi connectivity index (χ3n) is 5.28. The molecule has 1 aliphatic rings. The molecular weight excluding hydrogens is 440 g/mol. The summed E-state index contributed by atoms with van der Waals surface area (Å²) in [5.74, 6) is 0.453. The fraction of sp³-hybridized carbons (Fsp3) is 0.154. The maximum absolute atomic E-state index is 13.6. The third-order valence-corrected chi connectivity index (χ3v) is 5.51. The van der Waals surface area contributed by atoms with Crippen LogP contribution in [0.4, 0.5) is 11.4 Å². The van der Waals surface area contributed by atoms with Crippen LogP contribution in [-0.2, 0) is 9.59 Å². The monoisotopic (exact) mass is 462 g/mol. The van der Waals surface area contributed by atoms with Crippen LogP contribution in [0.5, 0.6) is 11.5 Å². The van der Waals surface area contributed by atoms with Gasteiger partial charge in [0.05, 0.1) is 25.0 Å². The highest BCUT2D eigenvalue weighted by Crippen LogP contribution is 2.36. The Balaban J connectivity index is 1.81. The first-order valence-corrected chi connectivity index (χ1v) is 10.8. The van der Waals surface area contributed by atoms with E-state index >= 15 is 0 Å². The van der Waals surface area contributed by atoms with Crippen molar-refractivity contribution in [3.05, 3.63) is 88.6 Å². The van der Waals surface area contributed by atoms with Gasteiger partial charge in [-0.3, -0.25) is 9.59 Å². The van der Waals surface area contributed by atoms with Crippen LogP contribution in [0.3, 0.4) is 0 Å². The normalized spacial score (nSPS) is 13.5. The second kappa shape index (κ2) is 9.38. The predicted molar refractivity (Wildman–Crippen MR) is 130 cm³/mol. The number of rotatable bonds is 7. The van der Waals surface area contributed by atoms with Crippen LogP contribution in [0.15, 0.2) is 72.4 Å². The number of methoxy groups -OCH3 is 1. The van der Waals surface area contributed by atoms with Gasteiger partial charge in [-0.1, -0.05) is 29.8 Å². The number of aryl methyl sites for hydroxylation is 1. The zero-order valence-electron chi connectivity index (χ0n) is 18.5. The van der Waals surface area contributed by atoms with Gasteiger partial charge in [0, 0.05) is 16.8 Å². The lowest BCUT2D eigenvalue weighted by molar-refractivity contribution is -0.120. The lowest BCUT2D eigenvalue weighted by Gasteiger charge is -2.18. The molecule has 1 heterocycles. The van der Waals surface area contributed by atoms with E-state index in [0.29, 0.717) is 40.1 Å². The van der Waals surface area contributed by atoms with Gasteiger partial charge in [0.25, 0.3) is 11.8 Å². The number of carbonyl (C=O) groups excluding carboxylic acids is 2. The number of ether oxygens (including phenoxy) is 2. The Hall–Kier alpha value is -3.77. The van der Waals surface area contributed by atoms with Crippen molar-refractivity contribution < 1.29 is 19.1 Å². The maximum atomic E-state index is 13.6. The molecular formula is C26H23ClN2O4. The van der Waals surface area contributed by atoms with Crippen molar-refractivity contribution in [3.8, 4) is 11.5 Å². The number of imide groups is 1. The summed E-state index contributed by atoms with van der Waals surface area (Å²) in [5, 5.41) is 3.69. The minimum absolute atomic E-state index is 0.188. The zero-order valence-corrected chi connectivity index (χ0v) is 19.3. The molecule has 0 spiro atoms. The molecule has 0 fully saturated rings. The fourth-order valence-electron chi connectivity index (χ4n) is 3.73. The van der Waals surface area contributed by atoms with E-state index in [-0.39, 0.29) is 11.3 Å². The highest BCUT2D eigenvalue weighted by molar-refractivity contribution is 6.46. The first-order valence-electron chi connectivity index (χ1n) is 10.5. The van der Waals surface area contributed by atoms with E-state index in [1.54, 1.807) is 55.6 Å². The van der Waals surface area contributed by atoms with Crippen molar-refractivity contribution in [2.24, 2.45) is 0 Å². The minimum atomic E-state index is -0.446. The molecule has 3 aromatic rings. The molecule has 0 radical (unpaired) electrons. The highest BCUT2D eigenvalue weighted by atomic mass is 35.5. The zero-order chi connectivity index (χ0) is 23.5. The van der Waals surface area contributed by atoms with Crippen LogP contribution < -0.4 is 19.7 Å². The maximum Gasteiger partial charge on any atom is 0.282 e. The SMILES string of the molecule is CCOc1cccc(NC2=C(c3ccc(OC)cc3)C(=O)N(c3ccc(Cl)cc3C)C2=O)c1. The van der Waals surface area contributed by atoms with Crippen molar-refractivity contribution in [2.45, 2.75) is 13.8 Å². The van der Waals surface area contributed by atoms with E-state index in [4.69, 9.17) is 21.1 Å². The number of halogens is 1. The number of benzene rings is 3. The van der Waals surface area contributed by atoms with Gasteiger partial charge >= 0.3 is 0 Å². The van der Waals surface area contributed by atoms with Crippen LogP contribution in [0, 0.1) is 6.92 Å². The first-order chi connectivity index (χ1) is 15.9. The predicted octanol–water partition coefficient (Wildman–Crippen LogP) is 5.45. The number of carbonyl (C=O) groups is 2.